The van der Waals surface area contributed by atoms with Gasteiger partial charge in [-0.3, -0.25) is 14.6 Å². The highest BCUT2D eigenvalue weighted by Crippen LogP contribution is 2.42. The van der Waals surface area contributed by atoms with E-state index in [2.05, 4.69) is 25.9 Å². The number of Topliss-reactive ketones (excluding diaryl/α,β-unsaturated/α-hetero) is 1. The lowest BCUT2D eigenvalue weighted by Gasteiger charge is -2.24. The number of aliphatic hydroxyl groups excluding tert-OH is 1. The zero-order valence-electron chi connectivity index (χ0n) is 17.7. The number of ketones is 1. The van der Waals surface area contributed by atoms with Crippen molar-refractivity contribution in [3.63, 3.8) is 0 Å². The van der Waals surface area contributed by atoms with Crippen molar-refractivity contribution in [1.82, 2.24) is 14.9 Å². The number of nitrogens with one attached hydrogen (secondary N) is 1. The molecule has 0 radical (unpaired) electrons. The summed E-state index contributed by atoms with van der Waals surface area (Å²) in [5.41, 5.74) is 3.75. The van der Waals surface area contributed by atoms with Crippen LogP contribution in [0.4, 0.5) is 0 Å². The number of carbonyl (C=O) groups excluding carboxylic acids is 2. The predicted octanol–water partition coefficient (Wildman–Crippen LogP) is 5.26. The lowest BCUT2D eigenvalue weighted by Crippen LogP contribution is -2.29. The number of pyridine rings is 1. The van der Waals surface area contributed by atoms with Gasteiger partial charge in [0.1, 0.15) is 5.76 Å². The van der Waals surface area contributed by atoms with E-state index in [-0.39, 0.29) is 17.9 Å². The van der Waals surface area contributed by atoms with E-state index in [0.717, 1.165) is 26.5 Å². The fourth-order valence-corrected chi connectivity index (χ4v) is 4.55. The number of benzene rings is 2. The third kappa shape index (κ3) is 3.64. The predicted molar refractivity (Wildman–Crippen MR) is 129 cm³/mol. The first-order valence-corrected chi connectivity index (χ1v) is 11.3. The van der Waals surface area contributed by atoms with Gasteiger partial charge in [-0.25, -0.2) is 0 Å². The van der Waals surface area contributed by atoms with Crippen molar-refractivity contribution in [2.45, 2.75) is 19.5 Å². The zero-order valence-corrected chi connectivity index (χ0v) is 19.3. The van der Waals surface area contributed by atoms with E-state index in [4.69, 9.17) is 0 Å². The average molecular weight is 502 g/mol. The Labute approximate surface area is 198 Å². The Morgan fingerprint density at radius 3 is 2.67 bits per heavy atom. The topological polar surface area (TPSA) is 86.3 Å². The lowest BCUT2D eigenvalue weighted by molar-refractivity contribution is -0.140. The molecule has 164 valence electrons. The van der Waals surface area contributed by atoms with E-state index >= 15 is 0 Å². The molecule has 0 saturated carbocycles. The van der Waals surface area contributed by atoms with Crippen molar-refractivity contribution in [3.05, 3.63) is 105 Å². The molecule has 1 fully saturated rings. The van der Waals surface area contributed by atoms with E-state index in [1.165, 1.54) is 4.90 Å². The van der Waals surface area contributed by atoms with Crippen LogP contribution in [-0.4, -0.2) is 31.7 Å². The molecular formula is C26H20BrN3O3. The molecule has 1 aliphatic heterocycles. The quantitative estimate of drug-likeness (QED) is 0.227. The molecule has 0 aliphatic carbocycles. The summed E-state index contributed by atoms with van der Waals surface area (Å²) in [6.45, 7) is 2.05. The fourth-order valence-electron chi connectivity index (χ4n) is 4.30. The van der Waals surface area contributed by atoms with Crippen LogP contribution in [0.15, 0.2) is 83.1 Å². The van der Waals surface area contributed by atoms with Crippen molar-refractivity contribution < 1.29 is 14.7 Å². The number of aryl methyl sites for hydroxylation is 1. The summed E-state index contributed by atoms with van der Waals surface area (Å²) in [6, 6.07) is 17.7. The van der Waals surface area contributed by atoms with Gasteiger partial charge >= 0.3 is 0 Å². The van der Waals surface area contributed by atoms with Crippen LogP contribution < -0.4 is 0 Å². The number of rotatable bonds is 4. The van der Waals surface area contributed by atoms with Crippen molar-refractivity contribution >= 4 is 44.3 Å². The molecule has 7 heteroatoms. The molecule has 5 rings (SSSR count). The zero-order chi connectivity index (χ0) is 23.1. The van der Waals surface area contributed by atoms with Gasteiger partial charge < -0.3 is 15.0 Å². The van der Waals surface area contributed by atoms with Gasteiger partial charge in [0.25, 0.3) is 11.7 Å². The molecule has 0 bridgehead atoms. The van der Waals surface area contributed by atoms with Gasteiger partial charge in [-0.1, -0.05) is 46.3 Å². The van der Waals surface area contributed by atoms with Crippen molar-refractivity contribution in [1.29, 1.82) is 0 Å². The van der Waals surface area contributed by atoms with E-state index in [0.29, 0.717) is 11.3 Å². The highest BCUT2D eigenvalue weighted by atomic mass is 79.9. The molecule has 1 saturated heterocycles. The molecule has 1 amide bonds. The maximum Gasteiger partial charge on any atom is 0.296 e. The van der Waals surface area contributed by atoms with Gasteiger partial charge in [0, 0.05) is 38.9 Å². The van der Waals surface area contributed by atoms with Crippen molar-refractivity contribution in [3.8, 4) is 0 Å². The third-order valence-corrected chi connectivity index (χ3v) is 6.84. The van der Waals surface area contributed by atoms with Crippen LogP contribution in [0.5, 0.6) is 0 Å². The molecule has 33 heavy (non-hydrogen) atoms. The SMILES string of the molecule is Cc1cc(/C(O)=C2\C(=O)C(=O)N(Cc3ccccn3)C2c2c[nH]c3ccccc23)ccc1Br. The van der Waals surface area contributed by atoms with E-state index in [1.54, 1.807) is 30.6 Å². The van der Waals surface area contributed by atoms with E-state index < -0.39 is 17.7 Å². The number of fused-ring (bicyclic) bond motifs is 1. The van der Waals surface area contributed by atoms with E-state index in [9.17, 15) is 14.7 Å². The average Bonchev–Trinajstić information content (AvgIpc) is 3.35. The molecule has 6 nitrogen and oxygen atoms in total. The van der Waals surface area contributed by atoms with Gasteiger partial charge in [-0.15, -0.1) is 0 Å². The maximum atomic E-state index is 13.3. The Hall–Kier alpha value is -3.71. The summed E-state index contributed by atoms with van der Waals surface area (Å²) in [7, 11) is 0. The minimum absolute atomic E-state index is 0.0717. The van der Waals surface area contributed by atoms with Crippen LogP contribution in [0.25, 0.3) is 16.7 Å². The summed E-state index contributed by atoms with van der Waals surface area (Å²) in [5.74, 6) is -1.56. The molecular weight excluding hydrogens is 482 g/mol. The number of hydrogen-bond acceptors (Lipinski definition) is 4. The standard InChI is InChI=1S/C26H20BrN3O3/c1-15-12-16(9-10-20(15)27)24(31)22-23(19-13-29-21-8-3-2-7-18(19)21)30(26(33)25(22)32)14-17-6-4-5-11-28-17/h2-13,23,29,31H,14H2,1H3/b24-22+. The van der Waals surface area contributed by atoms with E-state index in [1.807, 2.05) is 49.4 Å². The number of aromatic nitrogens is 2. The van der Waals surface area contributed by atoms with Gasteiger partial charge in [0.2, 0.25) is 0 Å². The number of H-pyrrole nitrogens is 1. The second-order valence-electron chi connectivity index (χ2n) is 8.00. The highest BCUT2D eigenvalue weighted by molar-refractivity contribution is 9.10. The van der Waals surface area contributed by atoms with Gasteiger partial charge in [-0.2, -0.15) is 0 Å². The Kier molecular flexibility index (Phi) is 5.34. The Morgan fingerprint density at radius 1 is 1.12 bits per heavy atom. The number of aromatic amines is 1. The minimum Gasteiger partial charge on any atom is -0.507 e. The number of hydrogen-bond donors (Lipinski definition) is 2. The Morgan fingerprint density at radius 2 is 1.91 bits per heavy atom. The molecule has 2 aromatic heterocycles. The van der Waals surface area contributed by atoms with Gasteiger partial charge in [-0.05, 0) is 42.8 Å². The normalized spacial score (nSPS) is 17.8. The molecule has 0 spiro atoms. The summed E-state index contributed by atoms with van der Waals surface area (Å²) in [5, 5.41) is 12.2. The van der Waals surface area contributed by atoms with Crippen LogP contribution in [0, 0.1) is 6.92 Å². The molecule has 4 aromatic rings. The third-order valence-electron chi connectivity index (χ3n) is 5.95. The maximum absolute atomic E-state index is 13.3. The molecule has 1 aliphatic rings. The minimum atomic E-state index is -0.757. The fraction of sp³-hybridized carbons (Fsp3) is 0.115. The molecule has 2 N–H and O–H groups in total. The first-order chi connectivity index (χ1) is 16.0. The summed E-state index contributed by atoms with van der Waals surface area (Å²) in [4.78, 5) is 35.5. The van der Waals surface area contributed by atoms with Gasteiger partial charge in [0.05, 0.1) is 23.9 Å². The highest BCUT2D eigenvalue weighted by Gasteiger charge is 2.47. The number of halogens is 1. The summed E-state index contributed by atoms with van der Waals surface area (Å²) < 4.78 is 0.892. The second kappa shape index (κ2) is 8.33. The van der Waals surface area contributed by atoms with Crippen LogP contribution in [0.3, 0.4) is 0 Å². The smallest absolute Gasteiger partial charge is 0.296 e. The number of carbonyl (C=O) groups is 2. The molecule has 2 aromatic carbocycles. The Bertz CT molecular complexity index is 1430. The number of aliphatic hydroxyl groups is 1. The molecule has 1 atom stereocenters. The first kappa shape index (κ1) is 21.2. The number of likely N-dealkylation sites (tertiary alicyclic amines) is 1. The molecule has 1 unspecified atom stereocenters. The number of amides is 1. The first-order valence-electron chi connectivity index (χ1n) is 10.5. The van der Waals surface area contributed by atoms with Gasteiger partial charge in [0.15, 0.2) is 0 Å². The summed E-state index contributed by atoms with van der Waals surface area (Å²) in [6.07, 6.45) is 3.45. The number of para-hydroxylation sites is 1. The van der Waals surface area contributed by atoms with Crippen LogP contribution in [-0.2, 0) is 16.1 Å². The lowest BCUT2D eigenvalue weighted by atomic mass is 9.94. The Balaban J connectivity index is 1.72. The summed E-state index contributed by atoms with van der Waals surface area (Å²) >= 11 is 3.46. The van der Waals surface area contributed by atoms with Crippen LogP contribution in [0.2, 0.25) is 0 Å². The number of nitrogens with zero attached hydrogens (tertiary/aromatic N) is 2. The largest absolute Gasteiger partial charge is 0.507 e. The molecule has 3 heterocycles. The van der Waals surface area contributed by atoms with Crippen molar-refractivity contribution in [2.24, 2.45) is 0 Å². The van der Waals surface area contributed by atoms with Crippen LogP contribution in [0.1, 0.15) is 28.4 Å². The second-order valence-corrected chi connectivity index (χ2v) is 8.86. The van der Waals surface area contributed by atoms with Crippen molar-refractivity contribution in [2.75, 3.05) is 0 Å². The monoisotopic (exact) mass is 501 g/mol. The van der Waals surface area contributed by atoms with Crippen LogP contribution >= 0.6 is 15.9 Å².